The Kier molecular flexibility index (Phi) is 3.16. The molecule has 0 amide bonds. The normalized spacial score (nSPS) is 38.5. The van der Waals surface area contributed by atoms with Gasteiger partial charge in [0.15, 0.2) is 0 Å². The molecule has 2 bridgehead atoms. The van der Waals surface area contributed by atoms with Crippen LogP contribution >= 0.6 is 0 Å². The molecule has 1 heterocycles. The summed E-state index contributed by atoms with van der Waals surface area (Å²) in [5.41, 5.74) is 2.65. The minimum atomic E-state index is -0.0133. The first kappa shape index (κ1) is 14.9. The highest BCUT2D eigenvalue weighted by Crippen LogP contribution is 2.56. The number of benzene rings is 1. The third-order valence-corrected chi connectivity index (χ3v) is 7.38. The number of carbonyl (C=O) groups is 1. The fraction of sp³-hybridized carbons (Fsp3) is 0.667. The van der Waals surface area contributed by atoms with E-state index >= 15 is 0 Å². The highest BCUT2D eigenvalue weighted by molar-refractivity contribution is 5.83. The standard InChI is InChI=1S/C21H27NO2/c1-13-8-18-19-9-15-4-5-16(23)10-17(15)21(18,11-20(13)24)6-7-22(19)12-14-2-3-14/h4-5,10,13-14,18-19,23H,2-3,6-9,11-12H2,1H3/t13-,18-,19+,21+/m0/s1. The number of phenols is 1. The number of fused-ring (bicyclic) bond motifs is 1. The van der Waals surface area contributed by atoms with Crippen molar-refractivity contribution >= 4 is 5.78 Å². The van der Waals surface area contributed by atoms with Gasteiger partial charge in [-0.05, 0) is 73.7 Å². The minimum Gasteiger partial charge on any atom is -0.508 e. The lowest BCUT2D eigenvalue weighted by molar-refractivity contribution is -0.132. The van der Waals surface area contributed by atoms with Crippen molar-refractivity contribution in [3.8, 4) is 5.75 Å². The molecule has 24 heavy (non-hydrogen) atoms. The Bertz CT molecular complexity index is 695. The summed E-state index contributed by atoms with van der Waals surface area (Å²) in [4.78, 5) is 15.4. The number of phenolic OH excluding ortho intramolecular Hbond substituents is 1. The Morgan fingerprint density at radius 1 is 1.33 bits per heavy atom. The number of aromatic hydroxyl groups is 1. The van der Waals surface area contributed by atoms with Crippen LogP contribution in [-0.4, -0.2) is 34.9 Å². The van der Waals surface area contributed by atoms with Gasteiger partial charge in [-0.25, -0.2) is 0 Å². The van der Waals surface area contributed by atoms with Crippen LogP contribution in [0.4, 0.5) is 0 Å². The summed E-state index contributed by atoms with van der Waals surface area (Å²) >= 11 is 0. The summed E-state index contributed by atoms with van der Waals surface area (Å²) in [5, 5.41) is 10.1. The minimum absolute atomic E-state index is 0.0133. The van der Waals surface area contributed by atoms with Gasteiger partial charge in [-0.1, -0.05) is 13.0 Å². The molecular formula is C21H27NO2. The molecule has 0 unspecified atom stereocenters. The quantitative estimate of drug-likeness (QED) is 0.907. The maximum absolute atomic E-state index is 12.6. The van der Waals surface area contributed by atoms with Crippen molar-refractivity contribution in [1.29, 1.82) is 0 Å². The van der Waals surface area contributed by atoms with Crippen molar-refractivity contribution in [2.24, 2.45) is 17.8 Å². The van der Waals surface area contributed by atoms with E-state index in [0.29, 0.717) is 29.9 Å². The SMILES string of the molecule is C[C@H]1C[C@H]2[C@H]3Cc4ccc(O)cc4[C@@]2(CCN3CC2CC2)CC1=O. The monoisotopic (exact) mass is 325 g/mol. The molecule has 0 radical (unpaired) electrons. The number of likely N-dealkylation sites (tertiary alicyclic amines) is 1. The highest BCUT2D eigenvalue weighted by Gasteiger charge is 2.57. The lowest BCUT2D eigenvalue weighted by Gasteiger charge is -2.59. The van der Waals surface area contributed by atoms with Crippen LogP contribution in [0.5, 0.6) is 5.75 Å². The molecule has 4 aliphatic rings. The van der Waals surface area contributed by atoms with Gasteiger partial charge in [0.1, 0.15) is 11.5 Å². The number of rotatable bonds is 2. The Labute approximate surface area is 144 Å². The van der Waals surface area contributed by atoms with Crippen molar-refractivity contribution in [1.82, 2.24) is 4.90 Å². The average molecular weight is 325 g/mol. The van der Waals surface area contributed by atoms with Crippen molar-refractivity contribution in [2.75, 3.05) is 13.1 Å². The van der Waals surface area contributed by atoms with Gasteiger partial charge < -0.3 is 5.11 Å². The zero-order valence-electron chi connectivity index (χ0n) is 14.5. The van der Waals surface area contributed by atoms with Gasteiger partial charge in [0.05, 0.1) is 0 Å². The topological polar surface area (TPSA) is 40.5 Å². The molecule has 1 aliphatic heterocycles. The molecule has 5 rings (SSSR count). The Balaban J connectivity index is 1.60. The molecule has 2 saturated carbocycles. The summed E-state index contributed by atoms with van der Waals surface area (Å²) in [7, 11) is 0. The van der Waals surface area contributed by atoms with E-state index in [1.807, 2.05) is 12.1 Å². The molecule has 1 aromatic rings. The second-order valence-electron chi connectivity index (χ2n) is 8.84. The first-order valence-electron chi connectivity index (χ1n) is 9.66. The number of Topliss-reactive ketones (excluding diaryl/α,β-unsaturated/α-hetero) is 1. The van der Waals surface area contributed by atoms with E-state index < -0.39 is 0 Å². The maximum Gasteiger partial charge on any atom is 0.136 e. The van der Waals surface area contributed by atoms with E-state index in [0.717, 1.165) is 31.7 Å². The predicted octanol–water partition coefficient (Wildman–Crippen LogP) is 3.29. The second-order valence-corrected chi connectivity index (χ2v) is 8.84. The van der Waals surface area contributed by atoms with E-state index in [1.165, 1.54) is 30.5 Å². The van der Waals surface area contributed by atoms with Crippen LogP contribution in [0, 0.1) is 17.8 Å². The summed E-state index contributed by atoms with van der Waals surface area (Å²) < 4.78 is 0. The van der Waals surface area contributed by atoms with Crippen molar-refractivity contribution in [3.63, 3.8) is 0 Å². The molecule has 0 aromatic heterocycles. The number of ketones is 1. The van der Waals surface area contributed by atoms with E-state index in [1.54, 1.807) is 0 Å². The molecule has 3 heteroatoms. The smallest absolute Gasteiger partial charge is 0.136 e. The Morgan fingerprint density at radius 2 is 2.17 bits per heavy atom. The van der Waals surface area contributed by atoms with Crippen LogP contribution in [0.25, 0.3) is 0 Å². The summed E-state index contributed by atoms with van der Waals surface area (Å²) in [5.74, 6) is 2.47. The van der Waals surface area contributed by atoms with Crippen LogP contribution in [0.2, 0.25) is 0 Å². The van der Waals surface area contributed by atoms with Crippen molar-refractivity contribution in [2.45, 2.75) is 56.9 Å². The van der Waals surface area contributed by atoms with E-state index in [2.05, 4.69) is 17.9 Å². The van der Waals surface area contributed by atoms with Crippen LogP contribution in [-0.2, 0) is 16.6 Å². The fourth-order valence-corrected chi connectivity index (χ4v) is 5.91. The van der Waals surface area contributed by atoms with Gasteiger partial charge in [0.2, 0.25) is 0 Å². The summed E-state index contributed by atoms with van der Waals surface area (Å²) in [6, 6.07) is 6.49. The van der Waals surface area contributed by atoms with Crippen LogP contribution < -0.4 is 0 Å². The molecule has 3 fully saturated rings. The van der Waals surface area contributed by atoms with E-state index in [4.69, 9.17) is 0 Å². The third-order valence-electron chi connectivity index (χ3n) is 7.38. The lowest BCUT2D eigenvalue weighted by atomic mass is 9.50. The molecule has 3 nitrogen and oxygen atoms in total. The zero-order valence-corrected chi connectivity index (χ0v) is 14.5. The molecule has 128 valence electrons. The molecule has 4 atom stereocenters. The number of hydrogen-bond acceptors (Lipinski definition) is 3. The molecule has 0 spiro atoms. The first-order valence-corrected chi connectivity index (χ1v) is 9.66. The molecule has 3 aliphatic carbocycles. The van der Waals surface area contributed by atoms with Gasteiger partial charge >= 0.3 is 0 Å². The average Bonchev–Trinajstić information content (AvgIpc) is 3.36. The third kappa shape index (κ3) is 2.10. The first-order chi connectivity index (χ1) is 11.6. The fourth-order valence-electron chi connectivity index (χ4n) is 5.91. The van der Waals surface area contributed by atoms with Gasteiger partial charge in [0, 0.05) is 30.3 Å². The Hall–Kier alpha value is -1.35. The highest BCUT2D eigenvalue weighted by atomic mass is 16.3. The Morgan fingerprint density at radius 3 is 2.96 bits per heavy atom. The van der Waals surface area contributed by atoms with Gasteiger partial charge in [-0.2, -0.15) is 0 Å². The van der Waals surface area contributed by atoms with Gasteiger partial charge in [-0.15, -0.1) is 0 Å². The molecule has 1 saturated heterocycles. The molecule has 1 N–H and O–H groups in total. The molecule has 1 aromatic carbocycles. The van der Waals surface area contributed by atoms with Crippen molar-refractivity contribution < 1.29 is 9.90 Å². The largest absolute Gasteiger partial charge is 0.508 e. The zero-order chi connectivity index (χ0) is 16.5. The molecular weight excluding hydrogens is 298 g/mol. The second kappa shape index (κ2) is 5.08. The van der Waals surface area contributed by atoms with E-state index in [-0.39, 0.29) is 11.3 Å². The number of nitrogens with zero attached hydrogens (tertiary/aromatic N) is 1. The summed E-state index contributed by atoms with van der Waals surface area (Å²) in [6.45, 7) is 4.50. The predicted molar refractivity (Wildman–Crippen MR) is 93.1 cm³/mol. The van der Waals surface area contributed by atoms with Gasteiger partial charge in [0.25, 0.3) is 0 Å². The number of piperidine rings is 1. The van der Waals surface area contributed by atoms with Crippen LogP contribution in [0.3, 0.4) is 0 Å². The van der Waals surface area contributed by atoms with Crippen molar-refractivity contribution in [3.05, 3.63) is 29.3 Å². The van der Waals surface area contributed by atoms with Crippen LogP contribution in [0.1, 0.15) is 50.2 Å². The maximum atomic E-state index is 12.6. The van der Waals surface area contributed by atoms with Crippen LogP contribution in [0.15, 0.2) is 18.2 Å². The number of hydrogen-bond donors (Lipinski definition) is 1. The summed E-state index contributed by atoms with van der Waals surface area (Å²) in [6.07, 6.45) is 6.69. The van der Waals surface area contributed by atoms with Gasteiger partial charge in [-0.3, -0.25) is 9.69 Å². The lowest BCUT2D eigenvalue weighted by Crippen LogP contribution is -2.63. The van der Waals surface area contributed by atoms with E-state index in [9.17, 15) is 9.90 Å². The number of carbonyl (C=O) groups excluding carboxylic acids is 1.